The molecule has 0 heterocycles. The van der Waals surface area contributed by atoms with E-state index in [9.17, 15) is 5.11 Å². The maximum Gasteiger partial charge on any atom is 0.115 e. The largest absolute Gasteiger partial charge is 0.508 e. The van der Waals surface area contributed by atoms with Crippen LogP contribution in [0.2, 0.25) is 0 Å². The van der Waals surface area contributed by atoms with Gasteiger partial charge in [0.15, 0.2) is 0 Å². The van der Waals surface area contributed by atoms with Gasteiger partial charge in [0, 0.05) is 5.41 Å². The summed E-state index contributed by atoms with van der Waals surface area (Å²) in [6.07, 6.45) is 10.3. The van der Waals surface area contributed by atoms with Crippen molar-refractivity contribution in [2.24, 2.45) is 0 Å². The standard InChI is InChI=1S/C17H24O/c1-17(2,15-10-12-16(18)13-11-15)14-8-6-4-3-5-7-9-14/h8,10-13,18H,3-7,9H2,1-2H3. The lowest BCUT2D eigenvalue weighted by molar-refractivity contribution is 0.474. The molecule has 1 heteroatoms. The van der Waals surface area contributed by atoms with Crippen molar-refractivity contribution in [1.29, 1.82) is 0 Å². The van der Waals surface area contributed by atoms with Gasteiger partial charge in [0.25, 0.3) is 0 Å². The fourth-order valence-electron chi connectivity index (χ4n) is 2.82. The first kappa shape index (κ1) is 13.2. The molecule has 1 aromatic carbocycles. The summed E-state index contributed by atoms with van der Waals surface area (Å²) < 4.78 is 0. The molecule has 0 fully saturated rings. The van der Waals surface area contributed by atoms with E-state index in [0.717, 1.165) is 0 Å². The predicted molar refractivity (Wildman–Crippen MR) is 76.9 cm³/mol. The van der Waals surface area contributed by atoms with Gasteiger partial charge in [-0.1, -0.05) is 50.5 Å². The molecule has 1 N–H and O–H groups in total. The molecule has 2 rings (SSSR count). The minimum atomic E-state index is 0.0883. The van der Waals surface area contributed by atoms with E-state index in [-0.39, 0.29) is 5.41 Å². The van der Waals surface area contributed by atoms with E-state index in [2.05, 4.69) is 32.1 Å². The van der Waals surface area contributed by atoms with Crippen LogP contribution in [0.4, 0.5) is 0 Å². The van der Waals surface area contributed by atoms with E-state index in [4.69, 9.17) is 0 Å². The van der Waals surface area contributed by atoms with Crippen molar-refractivity contribution in [1.82, 2.24) is 0 Å². The number of benzene rings is 1. The Morgan fingerprint density at radius 2 is 1.61 bits per heavy atom. The Morgan fingerprint density at radius 3 is 2.33 bits per heavy atom. The van der Waals surface area contributed by atoms with E-state index < -0.39 is 0 Å². The molecule has 0 amide bonds. The van der Waals surface area contributed by atoms with Gasteiger partial charge in [0.05, 0.1) is 0 Å². The molecule has 0 unspecified atom stereocenters. The summed E-state index contributed by atoms with van der Waals surface area (Å²) in [6, 6.07) is 7.69. The third-order valence-corrected chi connectivity index (χ3v) is 4.18. The summed E-state index contributed by atoms with van der Waals surface area (Å²) in [5, 5.41) is 9.40. The van der Waals surface area contributed by atoms with Crippen molar-refractivity contribution in [3.8, 4) is 5.75 Å². The van der Waals surface area contributed by atoms with Gasteiger partial charge >= 0.3 is 0 Å². The first-order valence-electron chi connectivity index (χ1n) is 7.10. The lowest BCUT2D eigenvalue weighted by Crippen LogP contribution is -2.21. The summed E-state index contributed by atoms with van der Waals surface area (Å²) in [5.41, 5.74) is 2.95. The molecule has 1 aromatic rings. The third kappa shape index (κ3) is 2.95. The average molecular weight is 244 g/mol. The van der Waals surface area contributed by atoms with Crippen molar-refractivity contribution in [3.63, 3.8) is 0 Å². The summed E-state index contributed by atoms with van der Waals surface area (Å²) in [7, 11) is 0. The van der Waals surface area contributed by atoms with Gasteiger partial charge in [-0.15, -0.1) is 0 Å². The minimum absolute atomic E-state index is 0.0883. The molecular weight excluding hydrogens is 220 g/mol. The summed E-state index contributed by atoms with van der Waals surface area (Å²) in [4.78, 5) is 0. The van der Waals surface area contributed by atoms with Gasteiger partial charge in [-0.3, -0.25) is 0 Å². The summed E-state index contributed by atoms with van der Waals surface area (Å²) in [6.45, 7) is 4.60. The molecule has 0 saturated carbocycles. The fraction of sp³-hybridized carbons (Fsp3) is 0.529. The highest BCUT2D eigenvalue weighted by Crippen LogP contribution is 2.36. The van der Waals surface area contributed by atoms with Gasteiger partial charge in [0.1, 0.15) is 5.75 Å². The van der Waals surface area contributed by atoms with E-state index in [1.807, 2.05) is 0 Å². The Kier molecular flexibility index (Phi) is 4.11. The number of hydrogen-bond acceptors (Lipinski definition) is 1. The van der Waals surface area contributed by atoms with Crippen LogP contribution in [0.1, 0.15) is 57.9 Å². The lowest BCUT2D eigenvalue weighted by Gasteiger charge is -2.30. The monoisotopic (exact) mass is 244 g/mol. The molecule has 0 atom stereocenters. The topological polar surface area (TPSA) is 20.2 Å². The maximum absolute atomic E-state index is 9.40. The molecule has 0 aromatic heterocycles. The number of aromatic hydroxyl groups is 1. The molecule has 1 nitrogen and oxygen atoms in total. The highest BCUT2D eigenvalue weighted by atomic mass is 16.3. The smallest absolute Gasteiger partial charge is 0.115 e. The van der Waals surface area contributed by atoms with Crippen molar-refractivity contribution < 1.29 is 5.11 Å². The van der Waals surface area contributed by atoms with Gasteiger partial charge in [-0.2, -0.15) is 0 Å². The van der Waals surface area contributed by atoms with Crippen LogP contribution in [0.15, 0.2) is 35.9 Å². The quantitative estimate of drug-likeness (QED) is 0.730. The third-order valence-electron chi connectivity index (χ3n) is 4.18. The summed E-state index contributed by atoms with van der Waals surface area (Å²) >= 11 is 0. The highest BCUT2D eigenvalue weighted by Gasteiger charge is 2.25. The van der Waals surface area contributed by atoms with Gasteiger partial charge in [0.2, 0.25) is 0 Å². The zero-order valence-electron chi connectivity index (χ0n) is 11.6. The molecule has 0 bridgehead atoms. The van der Waals surface area contributed by atoms with Gasteiger partial charge < -0.3 is 5.11 Å². The lowest BCUT2D eigenvalue weighted by atomic mass is 9.74. The van der Waals surface area contributed by atoms with Crippen molar-refractivity contribution in [2.75, 3.05) is 0 Å². The molecule has 18 heavy (non-hydrogen) atoms. The fourth-order valence-corrected chi connectivity index (χ4v) is 2.82. The molecule has 0 spiro atoms. The number of rotatable bonds is 2. The van der Waals surface area contributed by atoms with Gasteiger partial charge in [-0.05, 0) is 43.4 Å². The van der Waals surface area contributed by atoms with E-state index in [0.29, 0.717) is 5.75 Å². The predicted octanol–water partition coefficient (Wildman–Crippen LogP) is 4.95. The van der Waals surface area contributed by atoms with Crippen LogP contribution in [-0.2, 0) is 5.41 Å². The SMILES string of the molecule is CC(C)(C1=CCCCCCC1)c1ccc(O)cc1. The van der Waals surface area contributed by atoms with E-state index in [1.165, 1.54) is 44.1 Å². The van der Waals surface area contributed by atoms with Crippen LogP contribution >= 0.6 is 0 Å². The number of phenolic OH excluding ortho intramolecular Hbond substituents is 1. The Labute approximate surface area is 111 Å². The second kappa shape index (κ2) is 5.60. The molecule has 98 valence electrons. The van der Waals surface area contributed by atoms with Crippen LogP contribution in [-0.4, -0.2) is 5.11 Å². The molecule has 1 aliphatic rings. The normalized spacial score (nSPS) is 17.8. The second-order valence-electron chi connectivity index (χ2n) is 5.85. The number of hydrogen-bond donors (Lipinski definition) is 1. The van der Waals surface area contributed by atoms with Crippen LogP contribution in [0, 0.1) is 0 Å². The molecule has 0 radical (unpaired) electrons. The minimum Gasteiger partial charge on any atom is -0.508 e. The van der Waals surface area contributed by atoms with Crippen LogP contribution in [0.25, 0.3) is 0 Å². The average Bonchev–Trinajstić information content (AvgIpc) is 2.28. The zero-order valence-corrected chi connectivity index (χ0v) is 11.6. The first-order valence-corrected chi connectivity index (χ1v) is 7.10. The summed E-state index contributed by atoms with van der Waals surface area (Å²) in [5.74, 6) is 0.348. The van der Waals surface area contributed by atoms with Crippen LogP contribution in [0.3, 0.4) is 0 Å². The van der Waals surface area contributed by atoms with Crippen molar-refractivity contribution in [2.45, 2.75) is 57.8 Å². The molecule has 0 aliphatic heterocycles. The molecule has 1 aliphatic carbocycles. The molecule has 0 saturated heterocycles. The Balaban J connectivity index is 2.25. The maximum atomic E-state index is 9.40. The number of phenols is 1. The van der Waals surface area contributed by atoms with Crippen molar-refractivity contribution >= 4 is 0 Å². The Bertz CT molecular complexity index is 412. The Hall–Kier alpha value is -1.24. The second-order valence-corrected chi connectivity index (χ2v) is 5.85. The van der Waals surface area contributed by atoms with Crippen LogP contribution < -0.4 is 0 Å². The van der Waals surface area contributed by atoms with Gasteiger partial charge in [-0.25, -0.2) is 0 Å². The van der Waals surface area contributed by atoms with E-state index >= 15 is 0 Å². The van der Waals surface area contributed by atoms with Crippen molar-refractivity contribution in [3.05, 3.63) is 41.5 Å². The first-order chi connectivity index (χ1) is 8.60. The van der Waals surface area contributed by atoms with E-state index in [1.54, 1.807) is 17.7 Å². The highest BCUT2D eigenvalue weighted by molar-refractivity contribution is 5.37. The molecular formula is C17H24O. The number of allylic oxidation sites excluding steroid dienone is 2. The van der Waals surface area contributed by atoms with Crippen LogP contribution in [0.5, 0.6) is 5.75 Å². The Morgan fingerprint density at radius 1 is 0.944 bits per heavy atom. The zero-order chi connectivity index (χ0) is 13.0.